The van der Waals surface area contributed by atoms with E-state index in [1.807, 2.05) is 0 Å². The summed E-state index contributed by atoms with van der Waals surface area (Å²) in [4.78, 5) is 12.8. The number of carbonyl (C=O) groups excluding carboxylic acids is 1. The number of piperidine rings is 1. The summed E-state index contributed by atoms with van der Waals surface area (Å²) in [5.74, 6) is 1.41. The van der Waals surface area contributed by atoms with Gasteiger partial charge in [0.2, 0.25) is 5.91 Å². The maximum Gasteiger partial charge on any atom is 0.231 e. The lowest BCUT2D eigenvalue weighted by molar-refractivity contribution is -0.119. The van der Waals surface area contributed by atoms with E-state index in [0.717, 1.165) is 24.9 Å². The lowest BCUT2D eigenvalue weighted by atomic mass is 9.87. The van der Waals surface area contributed by atoms with Crippen molar-refractivity contribution in [2.24, 2.45) is 17.6 Å². The van der Waals surface area contributed by atoms with Crippen LogP contribution < -0.4 is 5.73 Å². The van der Waals surface area contributed by atoms with Crippen LogP contribution in [0.25, 0.3) is 0 Å². The molecule has 0 radical (unpaired) electrons. The van der Waals surface area contributed by atoms with Gasteiger partial charge in [-0.25, -0.2) is 0 Å². The van der Waals surface area contributed by atoms with E-state index in [9.17, 15) is 4.79 Å². The van der Waals surface area contributed by atoms with Crippen LogP contribution in [0.4, 0.5) is 0 Å². The number of nitrogens with two attached hydrogens (primary N) is 1. The van der Waals surface area contributed by atoms with E-state index in [-0.39, 0.29) is 5.91 Å². The molecule has 1 amide bonds. The first-order valence-corrected chi connectivity index (χ1v) is 5.10. The zero-order valence-corrected chi connectivity index (χ0v) is 8.62. The molecule has 0 spiro atoms. The average Bonchev–Trinajstić information content (AvgIpc) is 2.04. The van der Waals surface area contributed by atoms with Gasteiger partial charge in [-0.2, -0.15) is 0 Å². The van der Waals surface area contributed by atoms with Crippen molar-refractivity contribution in [3.8, 4) is 0 Å². The number of carbonyl (C=O) groups is 1. The number of rotatable bonds is 3. The highest BCUT2D eigenvalue weighted by molar-refractivity contribution is 5.75. The fraction of sp³-hybridized carbons (Fsp3) is 0.900. The molecular weight excluding hydrogens is 164 g/mol. The molecule has 76 valence electrons. The molecule has 0 aromatic heterocycles. The van der Waals surface area contributed by atoms with Gasteiger partial charge in [-0.15, -0.1) is 0 Å². The SMILES string of the molecule is CC(C)C1CCN(CC(N)=O)CC1. The van der Waals surface area contributed by atoms with Gasteiger partial charge in [-0.05, 0) is 37.8 Å². The second-order valence-corrected chi connectivity index (χ2v) is 4.32. The van der Waals surface area contributed by atoms with Crippen molar-refractivity contribution < 1.29 is 4.79 Å². The van der Waals surface area contributed by atoms with E-state index in [2.05, 4.69) is 18.7 Å². The van der Waals surface area contributed by atoms with Crippen LogP contribution in [0.15, 0.2) is 0 Å². The average molecular weight is 184 g/mol. The van der Waals surface area contributed by atoms with Crippen LogP contribution in [0, 0.1) is 11.8 Å². The fourth-order valence-corrected chi connectivity index (χ4v) is 2.00. The third-order valence-electron chi connectivity index (χ3n) is 2.95. The summed E-state index contributed by atoms with van der Waals surface area (Å²) >= 11 is 0. The van der Waals surface area contributed by atoms with E-state index >= 15 is 0 Å². The largest absolute Gasteiger partial charge is 0.369 e. The van der Waals surface area contributed by atoms with Crippen LogP contribution in [-0.2, 0) is 4.79 Å². The van der Waals surface area contributed by atoms with Gasteiger partial charge in [-0.1, -0.05) is 13.8 Å². The standard InChI is InChI=1S/C10H20N2O/c1-8(2)9-3-5-12(6-4-9)7-10(11)13/h8-9H,3-7H2,1-2H3,(H2,11,13). The quantitative estimate of drug-likeness (QED) is 0.706. The van der Waals surface area contributed by atoms with E-state index in [1.54, 1.807) is 0 Å². The van der Waals surface area contributed by atoms with Crippen molar-refractivity contribution >= 4 is 5.91 Å². The second kappa shape index (κ2) is 4.61. The van der Waals surface area contributed by atoms with Gasteiger partial charge in [0.05, 0.1) is 6.54 Å². The van der Waals surface area contributed by atoms with Gasteiger partial charge in [-0.3, -0.25) is 9.69 Å². The number of hydrogen-bond acceptors (Lipinski definition) is 2. The molecule has 0 atom stereocenters. The van der Waals surface area contributed by atoms with Crippen LogP contribution in [0.1, 0.15) is 26.7 Å². The molecule has 1 heterocycles. The normalized spacial score (nSPS) is 20.8. The number of primary amides is 1. The molecule has 3 nitrogen and oxygen atoms in total. The van der Waals surface area contributed by atoms with Crippen LogP contribution in [-0.4, -0.2) is 30.4 Å². The van der Waals surface area contributed by atoms with Crippen molar-refractivity contribution in [2.75, 3.05) is 19.6 Å². The monoisotopic (exact) mass is 184 g/mol. The Kier molecular flexibility index (Phi) is 3.72. The van der Waals surface area contributed by atoms with Gasteiger partial charge >= 0.3 is 0 Å². The van der Waals surface area contributed by atoms with Crippen LogP contribution in [0.3, 0.4) is 0 Å². The molecule has 0 aromatic rings. The summed E-state index contributed by atoms with van der Waals surface area (Å²) in [5.41, 5.74) is 5.14. The molecular formula is C10H20N2O. The Balaban J connectivity index is 2.26. The van der Waals surface area contributed by atoms with E-state index in [1.165, 1.54) is 12.8 Å². The molecule has 0 saturated carbocycles. The van der Waals surface area contributed by atoms with Crippen molar-refractivity contribution in [2.45, 2.75) is 26.7 Å². The Hall–Kier alpha value is -0.570. The van der Waals surface area contributed by atoms with Gasteiger partial charge in [0, 0.05) is 0 Å². The molecule has 1 rings (SSSR count). The second-order valence-electron chi connectivity index (χ2n) is 4.32. The first kappa shape index (κ1) is 10.5. The number of amides is 1. The minimum absolute atomic E-state index is 0.206. The summed E-state index contributed by atoms with van der Waals surface area (Å²) in [6.07, 6.45) is 2.43. The predicted molar refractivity (Wildman–Crippen MR) is 53.2 cm³/mol. The molecule has 1 aliphatic rings. The summed E-state index contributed by atoms with van der Waals surface area (Å²) in [6.45, 7) is 7.05. The summed E-state index contributed by atoms with van der Waals surface area (Å²) in [6, 6.07) is 0. The fourth-order valence-electron chi connectivity index (χ4n) is 2.00. The van der Waals surface area contributed by atoms with E-state index in [0.29, 0.717) is 6.54 Å². The first-order chi connectivity index (χ1) is 6.09. The minimum atomic E-state index is -0.206. The number of likely N-dealkylation sites (tertiary alicyclic amines) is 1. The molecule has 2 N–H and O–H groups in total. The molecule has 3 heteroatoms. The van der Waals surface area contributed by atoms with Gasteiger partial charge in [0.1, 0.15) is 0 Å². The Morgan fingerprint density at radius 2 is 2.00 bits per heavy atom. The van der Waals surface area contributed by atoms with Crippen molar-refractivity contribution in [3.63, 3.8) is 0 Å². The molecule has 1 saturated heterocycles. The zero-order chi connectivity index (χ0) is 9.84. The Labute approximate surface area is 80.3 Å². The predicted octanol–water partition coefficient (Wildman–Crippen LogP) is 0.840. The lowest BCUT2D eigenvalue weighted by Gasteiger charge is -2.32. The molecule has 1 fully saturated rings. The summed E-state index contributed by atoms with van der Waals surface area (Å²) in [5, 5.41) is 0. The molecule has 0 aliphatic carbocycles. The van der Waals surface area contributed by atoms with Gasteiger partial charge in [0.15, 0.2) is 0 Å². The van der Waals surface area contributed by atoms with Crippen molar-refractivity contribution in [3.05, 3.63) is 0 Å². The molecule has 1 aliphatic heterocycles. The van der Waals surface area contributed by atoms with Crippen molar-refractivity contribution in [1.82, 2.24) is 4.90 Å². The Bertz CT molecular complexity index is 172. The maximum atomic E-state index is 10.7. The van der Waals surface area contributed by atoms with Gasteiger partial charge in [0.25, 0.3) is 0 Å². The summed E-state index contributed by atoms with van der Waals surface area (Å²) < 4.78 is 0. The highest BCUT2D eigenvalue weighted by atomic mass is 16.1. The lowest BCUT2D eigenvalue weighted by Crippen LogP contribution is -2.40. The van der Waals surface area contributed by atoms with E-state index < -0.39 is 0 Å². The third-order valence-corrected chi connectivity index (χ3v) is 2.95. The minimum Gasteiger partial charge on any atom is -0.369 e. The smallest absolute Gasteiger partial charge is 0.231 e. The Morgan fingerprint density at radius 1 is 1.46 bits per heavy atom. The highest BCUT2D eigenvalue weighted by Crippen LogP contribution is 2.23. The maximum absolute atomic E-state index is 10.7. The van der Waals surface area contributed by atoms with Crippen LogP contribution in [0.5, 0.6) is 0 Å². The summed E-state index contributed by atoms with van der Waals surface area (Å²) in [7, 11) is 0. The van der Waals surface area contributed by atoms with Crippen LogP contribution >= 0.6 is 0 Å². The first-order valence-electron chi connectivity index (χ1n) is 5.10. The van der Waals surface area contributed by atoms with Crippen LogP contribution in [0.2, 0.25) is 0 Å². The number of hydrogen-bond donors (Lipinski definition) is 1. The zero-order valence-electron chi connectivity index (χ0n) is 8.62. The van der Waals surface area contributed by atoms with Gasteiger partial charge < -0.3 is 5.73 Å². The molecule has 0 aromatic carbocycles. The highest BCUT2D eigenvalue weighted by Gasteiger charge is 2.21. The molecule has 0 bridgehead atoms. The molecule has 0 unspecified atom stereocenters. The van der Waals surface area contributed by atoms with E-state index in [4.69, 9.17) is 5.73 Å². The Morgan fingerprint density at radius 3 is 2.38 bits per heavy atom. The third kappa shape index (κ3) is 3.35. The topological polar surface area (TPSA) is 46.3 Å². The molecule has 13 heavy (non-hydrogen) atoms. The van der Waals surface area contributed by atoms with Crippen molar-refractivity contribution in [1.29, 1.82) is 0 Å². The number of nitrogens with zero attached hydrogens (tertiary/aromatic N) is 1.